The molecular formula is C70H58N4O. The van der Waals surface area contributed by atoms with Gasteiger partial charge in [-0.25, -0.2) is 4.98 Å². The Morgan fingerprint density at radius 3 is 1.69 bits per heavy atom. The fraction of sp³-hybridized carbons (Fsp3) is 0.157. The highest BCUT2D eigenvalue weighted by atomic mass is 16.5. The van der Waals surface area contributed by atoms with E-state index < -0.39 is 65.8 Å². The maximum absolute atomic E-state index is 9.47. The molecule has 9 aromatic carbocycles. The Kier molecular flexibility index (Phi) is 8.01. The molecule has 0 saturated carbocycles. The first-order valence-electron chi connectivity index (χ1n) is 30.6. The lowest BCUT2D eigenvalue weighted by atomic mass is 9.61. The fourth-order valence-electron chi connectivity index (χ4n) is 12.0. The molecule has 0 amide bonds. The van der Waals surface area contributed by atoms with Crippen molar-refractivity contribution in [1.82, 2.24) is 9.55 Å². The number of para-hydroxylation sites is 3. The van der Waals surface area contributed by atoms with Crippen molar-refractivity contribution in [1.29, 1.82) is 0 Å². The first kappa shape index (κ1) is 35.5. The molecule has 2 bridgehead atoms. The molecule has 364 valence electrons. The summed E-state index contributed by atoms with van der Waals surface area (Å²) in [6.45, 7) is 12.6. The summed E-state index contributed by atoms with van der Waals surface area (Å²) in [5, 5.41) is 2.14. The summed E-state index contributed by atoms with van der Waals surface area (Å²) in [5.41, 5.74) is 12.9. The lowest BCUT2D eigenvalue weighted by Gasteiger charge is -2.43. The van der Waals surface area contributed by atoms with Crippen LogP contribution in [0.15, 0.2) is 218 Å². The zero-order chi connectivity index (χ0) is 59.4. The molecule has 0 radical (unpaired) electrons. The second-order valence-corrected chi connectivity index (χ2v) is 22.0. The molecule has 0 saturated heterocycles. The van der Waals surface area contributed by atoms with Crippen molar-refractivity contribution in [3.63, 3.8) is 0 Å². The molecular weight excluding hydrogens is 913 g/mol. The number of benzene rings is 9. The molecule has 2 aromatic heterocycles. The number of fused-ring (bicyclic) bond motifs is 4. The molecule has 0 fully saturated rings. The molecule has 0 N–H and O–H groups in total. The Balaban J connectivity index is 1.01. The van der Waals surface area contributed by atoms with Crippen LogP contribution in [0.5, 0.6) is 11.5 Å². The molecule has 3 heterocycles. The monoisotopic (exact) mass is 981 g/mol. The quantitative estimate of drug-likeness (QED) is 0.159. The number of rotatable bonds is 7. The van der Waals surface area contributed by atoms with Crippen molar-refractivity contribution in [2.75, 3.05) is 16.5 Å². The van der Waals surface area contributed by atoms with Gasteiger partial charge in [0.25, 0.3) is 0 Å². The van der Waals surface area contributed by atoms with E-state index in [-0.39, 0.29) is 46.2 Å². The molecule has 15 rings (SSSR count). The molecule has 4 aliphatic rings. The van der Waals surface area contributed by atoms with Crippen molar-refractivity contribution in [2.45, 2.75) is 64.2 Å². The maximum Gasteiger partial charge on any atom is 0.137 e. The average molecular weight is 981 g/mol. The minimum Gasteiger partial charge on any atom is -0.457 e. The van der Waals surface area contributed by atoms with E-state index >= 15 is 0 Å². The van der Waals surface area contributed by atoms with Crippen molar-refractivity contribution in [3.05, 3.63) is 263 Å². The summed E-state index contributed by atoms with van der Waals surface area (Å²) < 4.78 is 101. The van der Waals surface area contributed by atoms with Gasteiger partial charge in [0, 0.05) is 63.3 Å². The van der Waals surface area contributed by atoms with E-state index in [9.17, 15) is 5.48 Å². The van der Waals surface area contributed by atoms with Gasteiger partial charge in [-0.1, -0.05) is 181 Å². The summed E-state index contributed by atoms with van der Waals surface area (Å²) in [6.07, 6.45) is 1.88. The summed E-state index contributed by atoms with van der Waals surface area (Å²) >= 11 is 0. The van der Waals surface area contributed by atoms with E-state index in [1.165, 1.54) is 22.3 Å². The lowest BCUT2D eigenvalue weighted by Crippen LogP contribution is -2.29. The van der Waals surface area contributed by atoms with Gasteiger partial charge in [0.2, 0.25) is 0 Å². The SMILES string of the molecule is [2H]c1c([2H])c([2H])c(-c2cc(C(C)(C)C)cc(-c3c([2H])c([2H])c([2H])c([2H])c3[2H])c2N2CN(c3cc(Oc4ccc5c6ccccc6n(-c6cc(C(C)(C)C)ccn6)c5c4)c4c(c3)C3c5ccccc5C4c4ccccc43)c3ccccc32)c([2H])c1[2H]. The molecule has 11 aromatic rings. The molecule has 75 heavy (non-hydrogen) atoms. The van der Waals surface area contributed by atoms with Gasteiger partial charge in [-0.2, -0.15) is 0 Å². The maximum atomic E-state index is 9.47. The van der Waals surface area contributed by atoms with E-state index in [4.69, 9.17) is 17.9 Å². The highest BCUT2D eigenvalue weighted by molar-refractivity contribution is 6.09. The van der Waals surface area contributed by atoms with Gasteiger partial charge >= 0.3 is 0 Å². The normalized spacial score (nSPS) is 17.4. The predicted molar refractivity (Wildman–Crippen MR) is 310 cm³/mol. The number of hydrogen-bond donors (Lipinski definition) is 0. The van der Waals surface area contributed by atoms with Gasteiger partial charge in [-0.15, -0.1) is 0 Å². The van der Waals surface area contributed by atoms with E-state index in [1.54, 1.807) is 0 Å². The summed E-state index contributed by atoms with van der Waals surface area (Å²) in [4.78, 5) is 9.12. The molecule has 0 spiro atoms. The Hall–Kier alpha value is -8.67. The standard InChI is InChI=1S/C70H58N4O/c1-69(2,3)46-35-36-71-64(39-46)74-59-30-18-17-25-50(59)51-34-33-49(42-62(51)74)75-63-41-48(40-58-65-52-26-13-15-28-54(52)66(67(58)63)55-29-16-14-27-53(55)65)72-43-73(61-32-20-19-31-60(61)72)68-56(44-21-9-7-10-22-44)37-47(70(4,5)6)38-57(68)45-23-11-8-12-24-45/h7-42,65-66H,43H2,1-6H3/i7D,8D,9D,10D,11D,12D,21D,22D,23D,24D. The van der Waals surface area contributed by atoms with Gasteiger partial charge in [-0.05, 0) is 122 Å². The average Bonchev–Trinajstić information content (AvgIpc) is 1.03. The number of hydrogen-bond acceptors (Lipinski definition) is 4. The van der Waals surface area contributed by atoms with Crippen LogP contribution in [0.3, 0.4) is 0 Å². The van der Waals surface area contributed by atoms with Crippen molar-refractivity contribution >= 4 is 44.6 Å². The predicted octanol–water partition coefficient (Wildman–Crippen LogP) is 18.1. The Morgan fingerprint density at radius 1 is 0.507 bits per heavy atom. The summed E-state index contributed by atoms with van der Waals surface area (Å²) in [7, 11) is 0. The van der Waals surface area contributed by atoms with Gasteiger partial charge < -0.3 is 14.5 Å². The highest BCUT2D eigenvalue weighted by Crippen LogP contribution is 2.60. The third-order valence-corrected chi connectivity index (χ3v) is 15.6. The number of nitrogens with zero attached hydrogens (tertiary/aromatic N) is 4. The second kappa shape index (κ2) is 16.9. The molecule has 5 nitrogen and oxygen atoms in total. The van der Waals surface area contributed by atoms with E-state index in [1.807, 2.05) is 74.3 Å². The minimum atomic E-state index is -0.636. The van der Waals surface area contributed by atoms with E-state index in [0.29, 0.717) is 28.4 Å². The molecule has 1 aliphatic heterocycles. The summed E-state index contributed by atoms with van der Waals surface area (Å²) in [6, 6.07) is 47.1. The van der Waals surface area contributed by atoms with Crippen LogP contribution in [-0.4, -0.2) is 16.2 Å². The largest absolute Gasteiger partial charge is 0.457 e. The zero-order valence-corrected chi connectivity index (χ0v) is 42.6. The van der Waals surface area contributed by atoms with Crippen LogP contribution >= 0.6 is 0 Å². The van der Waals surface area contributed by atoms with Crippen LogP contribution in [0, 0.1) is 0 Å². The zero-order valence-electron chi connectivity index (χ0n) is 52.6. The van der Waals surface area contributed by atoms with Crippen LogP contribution in [0.4, 0.5) is 22.7 Å². The molecule has 0 atom stereocenters. The van der Waals surface area contributed by atoms with E-state index in [0.717, 1.165) is 55.7 Å². The van der Waals surface area contributed by atoms with Crippen molar-refractivity contribution < 1.29 is 18.4 Å². The van der Waals surface area contributed by atoms with Crippen LogP contribution in [0.1, 0.15) is 112 Å². The highest BCUT2D eigenvalue weighted by Gasteiger charge is 2.44. The molecule has 0 unspecified atom stereocenters. The van der Waals surface area contributed by atoms with E-state index in [2.05, 4.69) is 139 Å². The smallest absolute Gasteiger partial charge is 0.137 e. The van der Waals surface area contributed by atoms with Crippen LogP contribution in [-0.2, 0) is 10.8 Å². The molecule has 3 aliphatic carbocycles. The van der Waals surface area contributed by atoms with Crippen molar-refractivity contribution in [3.8, 4) is 39.6 Å². The van der Waals surface area contributed by atoms with Gasteiger partial charge in [-0.3, -0.25) is 4.57 Å². The summed E-state index contributed by atoms with van der Waals surface area (Å²) in [5.74, 6) is 1.76. The Morgan fingerprint density at radius 2 is 1.07 bits per heavy atom. The Bertz CT molecular complexity index is 4500. The van der Waals surface area contributed by atoms with Gasteiger partial charge in [0.05, 0.1) is 41.8 Å². The van der Waals surface area contributed by atoms with Gasteiger partial charge in [0.1, 0.15) is 24.0 Å². The fourth-order valence-corrected chi connectivity index (χ4v) is 12.0. The third kappa shape index (κ3) is 7.23. The minimum absolute atomic E-state index is 0.0804. The third-order valence-electron chi connectivity index (χ3n) is 15.6. The number of aromatic nitrogens is 2. The van der Waals surface area contributed by atoms with Crippen molar-refractivity contribution in [2.24, 2.45) is 0 Å². The number of anilines is 4. The van der Waals surface area contributed by atoms with Crippen LogP contribution < -0.4 is 14.5 Å². The lowest BCUT2D eigenvalue weighted by molar-refractivity contribution is 0.471. The number of ether oxygens (including phenoxy) is 1. The number of pyridine rings is 1. The Labute approximate surface area is 454 Å². The van der Waals surface area contributed by atoms with Gasteiger partial charge in [0.15, 0.2) is 0 Å². The molecule has 5 heteroatoms. The van der Waals surface area contributed by atoms with Crippen LogP contribution in [0.25, 0.3) is 49.9 Å². The first-order valence-corrected chi connectivity index (χ1v) is 25.6. The first-order chi connectivity index (χ1) is 40.6. The topological polar surface area (TPSA) is 33.5 Å². The van der Waals surface area contributed by atoms with Crippen LogP contribution in [0.2, 0.25) is 0 Å². The second-order valence-electron chi connectivity index (χ2n) is 22.0.